The maximum atomic E-state index is 10.1. The third-order valence-electron chi connectivity index (χ3n) is 1.46. The Kier molecular flexibility index (Phi) is 7.76. The Hall–Kier alpha value is -1.58. The van der Waals surface area contributed by atoms with Crippen molar-refractivity contribution in [3.8, 4) is 0 Å². The predicted octanol–water partition coefficient (Wildman–Crippen LogP) is -1.45. The molecule has 2 atom stereocenters. The Morgan fingerprint density at radius 2 is 2.18 bits per heavy atom. The van der Waals surface area contributed by atoms with E-state index in [0.29, 0.717) is 0 Å². The highest BCUT2D eigenvalue weighted by Crippen LogP contribution is 2.03. The number of carboxylic acid groups (broad SMARTS) is 1. The van der Waals surface area contributed by atoms with Gasteiger partial charge in [-0.1, -0.05) is 0 Å². The zero-order valence-electron chi connectivity index (χ0n) is 8.81. The first kappa shape index (κ1) is 15.4. The molecule has 0 aromatic carbocycles. The fourth-order valence-electron chi connectivity index (χ4n) is 0.675. The standard InChI is InChI=1S/C4H8O5.C4H6O4/c5-1-3(6)2-9-4(7)8;5-1-3-2-7-4(6)8-3/h3,5-6H,1-2H2,(H,7,8);3,5H,1-2H2. The summed E-state index contributed by atoms with van der Waals surface area (Å²) in [6.45, 7) is -0.861. The lowest BCUT2D eigenvalue weighted by molar-refractivity contribution is 0.0145. The van der Waals surface area contributed by atoms with Gasteiger partial charge >= 0.3 is 12.3 Å². The Morgan fingerprint density at radius 1 is 1.53 bits per heavy atom. The Balaban J connectivity index is 0.000000302. The minimum absolute atomic E-state index is 0.161. The van der Waals surface area contributed by atoms with Gasteiger partial charge < -0.3 is 34.6 Å². The molecule has 0 aliphatic carbocycles. The van der Waals surface area contributed by atoms with Crippen molar-refractivity contribution < 1.29 is 44.2 Å². The highest BCUT2D eigenvalue weighted by atomic mass is 16.8. The summed E-state index contributed by atoms with van der Waals surface area (Å²) in [7, 11) is 0. The van der Waals surface area contributed by atoms with Gasteiger partial charge in [0.2, 0.25) is 0 Å². The summed E-state index contributed by atoms with van der Waals surface area (Å²) in [5.41, 5.74) is 0. The lowest BCUT2D eigenvalue weighted by atomic mass is 10.4. The van der Waals surface area contributed by atoms with Crippen LogP contribution in [0.25, 0.3) is 0 Å². The van der Waals surface area contributed by atoms with Gasteiger partial charge in [0, 0.05) is 0 Å². The van der Waals surface area contributed by atoms with E-state index in [1.165, 1.54) is 0 Å². The van der Waals surface area contributed by atoms with Crippen LogP contribution in [0.5, 0.6) is 0 Å². The Morgan fingerprint density at radius 3 is 2.47 bits per heavy atom. The van der Waals surface area contributed by atoms with Crippen LogP contribution in [0, 0.1) is 0 Å². The molecule has 4 N–H and O–H groups in total. The molecule has 9 nitrogen and oxygen atoms in total. The molecule has 2 unspecified atom stereocenters. The first-order valence-electron chi connectivity index (χ1n) is 4.58. The van der Waals surface area contributed by atoms with E-state index in [1.807, 2.05) is 0 Å². The monoisotopic (exact) mass is 254 g/mol. The van der Waals surface area contributed by atoms with Gasteiger partial charge in [0.05, 0.1) is 13.2 Å². The molecule has 1 aliphatic rings. The number of hydrogen-bond donors (Lipinski definition) is 4. The summed E-state index contributed by atoms with van der Waals surface area (Å²) in [6.07, 6.45) is -3.70. The second-order valence-electron chi connectivity index (χ2n) is 2.90. The molecule has 1 aliphatic heterocycles. The first-order valence-corrected chi connectivity index (χ1v) is 4.58. The number of hydrogen-bond acceptors (Lipinski definition) is 8. The van der Waals surface area contributed by atoms with Gasteiger partial charge in [0.15, 0.2) is 6.10 Å². The predicted molar refractivity (Wildman–Crippen MR) is 50.4 cm³/mol. The van der Waals surface area contributed by atoms with Gasteiger partial charge in [-0.3, -0.25) is 0 Å². The Labute approximate surface area is 96.1 Å². The van der Waals surface area contributed by atoms with E-state index in [1.54, 1.807) is 0 Å². The van der Waals surface area contributed by atoms with Gasteiger partial charge in [-0.25, -0.2) is 9.59 Å². The lowest BCUT2D eigenvalue weighted by Gasteiger charge is -2.03. The van der Waals surface area contributed by atoms with Crippen LogP contribution < -0.4 is 0 Å². The molecule has 0 amide bonds. The van der Waals surface area contributed by atoms with Crippen molar-refractivity contribution in [2.24, 2.45) is 0 Å². The third-order valence-corrected chi connectivity index (χ3v) is 1.46. The van der Waals surface area contributed by atoms with Crippen LogP contribution in [-0.2, 0) is 14.2 Å². The number of aliphatic hydroxyl groups is 3. The number of carbonyl (C=O) groups is 2. The highest BCUT2D eigenvalue weighted by Gasteiger charge is 2.23. The van der Waals surface area contributed by atoms with Crippen molar-refractivity contribution in [3.63, 3.8) is 0 Å². The average molecular weight is 254 g/mol. The van der Waals surface area contributed by atoms with Gasteiger partial charge in [0.25, 0.3) is 0 Å². The van der Waals surface area contributed by atoms with Crippen LogP contribution in [0.15, 0.2) is 0 Å². The molecule has 1 saturated heterocycles. The zero-order valence-corrected chi connectivity index (χ0v) is 8.81. The molecule has 0 radical (unpaired) electrons. The molecule has 1 heterocycles. The number of aliphatic hydroxyl groups excluding tert-OH is 3. The highest BCUT2D eigenvalue weighted by molar-refractivity contribution is 5.61. The third kappa shape index (κ3) is 8.25. The SMILES string of the molecule is O=C(O)OCC(O)CO.O=C1OCC(CO)O1. The molecule has 0 saturated carbocycles. The largest absolute Gasteiger partial charge is 0.508 e. The van der Waals surface area contributed by atoms with Gasteiger partial charge in [-0.05, 0) is 0 Å². The van der Waals surface area contributed by atoms with Crippen LogP contribution in [-0.4, -0.2) is 71.4 Å². The van der Waals surface area contributed by atoms with E-state index >= 15 is 0 Å². The van der Waals surface area contributed by atoms with E-state index < -0.39 is 31.1 Å². The fraction of sp³-hybridized carbons (Fsp3) is 0.750. The summed E-state index contributed by atoms with van der Waals surface area (Å²) in [5, 5.41) is 32.8. The maximum Gasteiger partial charge on any atom is 0.508 e. The molecule has 0 spiro atoms. The molecule has 9 heteroatoms. The summed E-state index contributed by atoms with van der Waals surface area (Å²) < 4.78 is 12.6. The topological polar surface area (TPSA) is 143 Å². The van der Waals surface area contributed by atoms with E-state index in [9.17, 15) is 9.59 Å². The van der Waals surface area contributed by atoms with Crippen molar-refractivity contribution in [2.45, 2.75) is 12.2 Å². The van der Waals surface area contributed by atoms with Crippen LogP contribution in [0.1, 0.15) is 0 Å². The normalized spacial score (nSPS) is 19.5. The van der Waals surface area contributed by atoms with Crippen molar-refractivity contribution in [2.75, 3.05) is 26.4 Å². The summed E-state index contributed by atoms with van der Waals surface area (Å²) in [5.74, 6) is 0. The molecule has 100 valence electrons. The summed E-state index contributed by atoms with van der Waals surface area (Å²) >= 11 is 0. The Bertz CT molecular complexity index is 241. The van der Waals surface area contributed by atoms with Gasteiger partial charge in [0.1, 0.15) is 19.3 Å². The van der Waals surface area contributed by atoms with E-state index in [-0.39, 0.29) is 19.8 Å². The molecular formula is C8H14O9. The molecular weight excluding hydrogens is 240 g/mol. The van der Waals surface area contributed by atoms with Crippen LogP contribution in [0.2, 0.25) is 0 Å². The molecule has 0 bridgehead atoms. The minimum Gasteiger partial charge on any atom is -0.450 e. The minimum atomic E-state index is -1.46. The molecule has 17 heavy (non-hydrogen) atoms. The second kappa shape index (κ2) is 8.56. The molecule has 1 fully saturated rings. The van der Waals surface area contributed by atoms with Gasteiger partial charge in [-0.15, -0.1) is 0 Å². The van der Waals surface area contributed by atoms with Crippen molar-refractivity contribution >= 4 is 12.3 Å². The van der Waals surface area contributed by atoms with Crippen molar-refractivity contribution in [3.05, 3.63) is 0 Å². The first-order chi connectivity index (χ1) is 7.99. The van der Waals surface area contributed by atoms with E-state index in [4.69, 9.17) is 20.4 Å². The number of rotatable bonds is 4. The molecule has 1 rings (SSSR count). The van der Waals surface area contributed by atoms with E-state index in [0.717, 1.165) is 0 Å². The quantitative estimate of drug-likeness (QED) is 0.443. The van der Waals surface area contributed by atoms with Crippen molar-refractivity contribution in [1.29, 1.82) is 0 Å². The molecule has 0 aromatic heterocycles. The van der Waals surface area contributed by atoms with Crippen molar-refractivity contribution in [1.82, 2.24) is 0 Å². The number of ether oxygens (including phenoxy) is 3. The second-order valence-corrected chi connectivity index (χ2v) is 2.90. The molecule has 0 aromatic rings. The lowest BCUT2D eigenvalue weighted by Crippen LogP contribution is -2.21. The summed E-state index contributed by atoms with van der Waals surface area (Å²) in [4.78, 5) is 19.7. The number of carbonyl (C=O) groups excluding carboxylic acids is 1. The van der Waals surface area contributed by atoms with Crippen LogP contribution >= 0.6 is 0 Å². The van der Waals surface area contributed by atoms with Gasteiger partial charge in [-0.2, -0.15) is 0 Å². The average Bonchev–Trinajstić information content (AvgIpc) is 2.72. The smallest absolute Gasteiger partial charge is 0.450 e. The zero-order chi connectivity index (χ0) is 13.3. The summed E-state index contributed by atoms with van der Waals surface area (Å²) in [6, 6.07) is 0. The fourth-order valence-corrected chi connectivity index (χ4v) is 0.675. The van der Waals surface area contributed by atoms with Crippen LogP contribution in [0.3, 0.4) is 0 Å². The number of cyclic esters (lactones) is 2. The van der Waals surface area contributed by atoms with Crippen LogP contribution in [0.4, 0.5) is 9.59 Å². The van der Waals surface area contributed by atoms with E-state index in [2.05, 4.69) is 14.2 Å². The maximum absolute atomic E-state index is 10.1.